The van der Waals surface area contributed by atoms with E-state index in [9.17, 15) is 0 Å². The highest BCUT2D eigenvalue weighted by Gasteiger charge is 2.32. The van der Waals surface area contributed by atoms with Gasteiger partial charge in [-0.05, 0) is 71.8 Å². The van der Waals surface area contributed by atoms with Crippen LogP contribution in [0.4, 0.5) is 0 Å². The fourth-order valence-corrected chi connectivity index (χ4v) is 4.35. The summed E-state index contributed by atoms with van der Waals surface area (Å²) in [6, 6.07) is 9.53. The van der Waals surface area contributed by atoms with Crippen LogP contribution in [0.2, 0.25) is 0 Å². The second kappa shape index (κ2) is 6.51. The van der Waals surface area contributed by atoms with Crippen molar-refractivity contribution < 1.29 is 4.57 Å². The first-order valence-electron chi connectivity index (χ1n) is 10.1. The number of fused-ring (bicyclic) bond motifs is 1. The molecule has 3 rings (SSSR count). The first-order valence-corrected chi connectivity index (χ1v) is 10.1. The van der Waals surface area contributed by atoms with E-state index in [2.05, 4.69) is 90.5 Å². The van der Waals surface area contributed by atoms with E-state index in [0.29, 0.717) is 10.8 Å². The van der Waals surface area contributed by atoms with Gasteiger partial charge in [-0.15, -0.1) is 0 Å². The van der Waals surface area contributed by atoms with E-state index >= 15 is 0 Å². The van der Waals surface area contributed by atoms with Gasteiger partial charge in [-0.25, -0.2) is 4.57 Å². The topological polar surface area (TPSA) is 3.88 Å². The molecule has 1 heteroatoms. The van der Waals surface area contributed by atoms with E-state index in [-0.39, 0.29) is 0 Å². The molecule has 1 unspecified atom stereocenters. The van der Waals surface area contributed by atoms with Crippen LogP contribution >= 0.6 is 0 Å². The van der Waals surface area contributed by atoms with E-state index in [1.807, 2.05) is 0 Å². The molecule has 0 saturated carbocycles. The molecular formula is C25H36N+. The maximum atomic E-state index is 2.47. The number of nitrogens with zero attached hydrogens (tertiary/aromatic N) is 1. The largest absolute Gasteiger partial charge is 0.212 e. The van der Waals surface area contributed by atoms with Gasteiger partial charge in [0.1, 0.15) is 7.05 Å². The maximum Gasteiger partial charge on any atom is 0.212 e. The van der Waals surface area contributed by atoms with Crippen molar-refractivity contribution in [2.24, 2.45) is 23.8 Å². The van der Waals surface area contributed by atoms with Crippen LogP contribution in [-0.2, 0) is 26.3 Å². The Kier molecular flexibility index (Phi) is 4.80. The summed E-state index contributed by atoms with van der Waals surface area (Å²) in [5, 5.41) is 0. The fraction of sp³-hybridized carbons (Fsp3) is 0.560. The molecule has 1 nitrogen and oxygen atoms in total. The van der Waals surface area contributed by atoms with Crippen LogP contribution < -0.4 is 4.57 Å². The molecular weight excluding hydrogens is 314 g/mol. The highest BCUT2D eigenvalue weighted by Crippen LogP contribution is 2.40. The van der Waals surface area contributed by atoms with Crippen molar-refractivity contribution in [3.05, 3.63) is 52.7 Å². The highest BCUT2D eigenvalue weighted by molar-refractivity contribution is 5.64. The molecule has 1 heterocycles. The smallest absolute Gasteiger partial charge is 0.201 e. The quantitative estimate of drug-likeness (QED) is 0.599. The average molecular weight is 351 g/mol. The minimum atomic E-state index is 0.319. The van der Waals surface area contributed by atoms with Gasteiger partial charge in [-0.1, -0.05) is 47.6 Å². The van der Waals surface area contributed by atoms with Crippen molar-refractivity contribution in [3.8, 4) is 11.3 Å². The van der Waals surface area contributed by atoms with Gasteiger partial charge in [0.2, 0.25) is 5.69 Å². The summed E-state index contributed by atoms with van der Waals surface area (Å²) in [5.41, 5.74) is 9.35. The first kappa shape index (κ1) is 19.1. The number of hydrogen-bond donors (Lipinski definition) is 0. The van der Waals surface area contributed by atoms with Gasteiger partial charge in [0, 0.05) is 17.2 Å². The number of aromatic nitrogens is 1. The van der Waals surface area contributed by atoms with Crippen LogP contribution in [0, 0.1) is 23.7 Å². The molecule has 0 N–H and O–H groups in total. The van der Waals surface area contributed by atoms with E-state index in [4.69, 9.17) is 0 Å². The second-order valence-corrected chi connectivity index (χ2v) is 10.7. The Labute approximate surface area is 160 Å². The van der Waals surface area contributed by atoms with Crippen molar-refractivity contribution in [1.82, 2.24) is 0 Å². The second-order valence-electron chi connectivity index (χ2n) is 10.7. The van der Waals surface area contributed by atoms with Gasteiger partial charge in [0.05, 0.1) is 0 Å². The van der Waals surface area contributed by atoms with E-state index in [0.717, 1.165) is 12.3 Å². The molecule has 1 aliphatic carbocycles. The molecule has 1 aromatic carbocycles. The third-order valence-corrected chi connectivity index (χ3v) is 5.91. The van der Waals surface area contributed by atoms with E-state index < -0.39 is 0 Å². The minimum Gasteiger partial charge on any atom is -0.201 e. The number of pyridine rings is 1. The van der Waals surface area contributed by atoms with Crippen molar-refractivity contribution >= 4 is 0 Å². The summed E-state index contributed by atoms with van der Waals surface area (Å²) in [6.07, 6.45) is 5.87. The molecule has 0 aliphatic heterocycles. The van der Waals surface area contributed by atoms with Crippen LogP contribution in [0.1, 0.15) is 63.8 Å². The van der Waals surface area contributed by atoms with Gasteiger partial charge in [0.15, 0.2) is 6.20 Å². The first-order chi connectivity index (χ1) is 11.9. The summed E-state index contributed by atoms with van der Waals surface area (Å²) in [6.45, 7) is 16.3. The minimum absolute atomic E-state index is 0.319. The summed E-state index contributed by atoms with van der Waals surface area (Å²) >= 11 is 0. The third kappa shape index (κ3) is 4.03. The molecule has 140 valence electrons. The zero-order valence-corrected chi connectivity index (χ0v) is 18.0. The van der Waals surface area contributed by atoms with Crippen molar-refractivity contribution in [2.45, 2.75) is 67.7 Å². The van der Waals surface area contributed by atoms with Crippen LogP contribution in [0.5, 0.6) is 0 Å². The van der Waals surface area contributed by atoms with Crippen LogP contribution in [0.25, 0.3) is 11.3 Å². The highest BCUT2D eigenvalue weighted by atomic mass is 14.9. The van der Waals surface area contributed by atoms with Gasteiger partial charge in [-0.2, -0.15) is 0 Å². The molecule has 0 fully saturated rings. The molecule has 2 aromatic rings. The lowest BCUT2D eigenvalue weighted by Crippen LogP contribution is -2.32. The standard InChI is InChI=1S/C25H36N/c1-17-11-19-12-21(25(5,6)7)13-20(19)14-22(17)23-10-9-18(16-26(23)8)15-24(2,3)4/h9-11,14,16,21H,12-13,15H2,1-8H3/q+1. The Morgan fingerprint density at radius 3 is 2.12 bits per heavy atom. The lowest BCUT2D eigenvalue weighted by molar-refractivity contribution is -0.660. The maximum absolute atomic E-state index is 2.47. The Bertz CT molecular complexity index is 815. The van der Waals surface area contributed by atoms with Crippen molar-refractivity contribution in [3.63, 3.8) is 0 Å². The SMILES string of the molecule is Cc1cc2c(cc1-c1ccc(CC(C)(C)C)c[n+]1C)CC(C(C)(C)C)C2. The molecule has 0 saturated heterocycles. The van der Waals surface area contributed by atoms with Gasteiger partial charge in [-0.3, -0.25) is 0 Å². The molecule has 26 heavy (non-hydrogen) atoms. The Balaban J connectivity index is 1.94. The molecule has 0 radical (unpaired) electrons. The van der Waals surface area contributed by atoms with Crippen molar-refractivity contribution in [2.75, 3.05) is 0 Å². The lowest BCUT2D eigenvalue weighted by Gasteiger charge is -2.26. The number of benzene rings is 1. The Morgan fingerprint density at radius 2 is 1.58 bits per heavy atom. The molecule has 0 amide bonds. The zero-order valence-electron chi connectivity index (χ0n) is 18.0. The lowest BCUT2D eigenvalue weighted by atomic mass is 9.79. The molecule has 1 aliphatic rings. The van der Waals surface area contributed by atoms with E-state index in [1.165, 1.54) is 35.2 Å². The summed E-state index contributed by atoms with van der Waals surface area (Å²) in [7, 11) is 2.19. The fourth-order valence-electron chi connectivity index (χ4n) is 4.35. The Hall–Kier alpha value is -1.63. The van der Waals surface area contributed by atoms with Gasteiger partial charge >= 0.3 is 0 Å². The van der Waals surface area contributed by atoms with Gasteiger partial charge in [0.25, 0.3) is 0 Å². The van der Waals surface area contributed by atoms with Gasteiger partial charge < -0.3 is 0 Å². The number of hydrogen-bond acceptors (Lipinski definition) is 0. The number of rotatable bonds is 2. The summed E-state index contributed by atoms with van der Waals surface area (Å²) in [5.74, 6) is 0.759. The monoisotopic (exact) mass is 350 g/mol. The molecule has 0 spiro atoms. The zero-order chi connectivity index (χ0) is 19.3. The number of aryl methyl sites for hydroxylation is 2. The summed E-state index contributed by atoms with van der Waals surface area (Å²) in [4.78, 5) is 0. The summed E-state index contributed by atoms with van der Waals surface area (Å²) < 4.78 is 2.31. The molecule has 1 aromatic heterocycles. The van der Waals surface area contributed by atoms with Crippen LogP contribution in [0.3, 0.4) is 0 Å². The van der Waals surface area contributed by atoms with Crippen LogP contribution in [0.15, 0.2) is 30.5 Å². The van der Waals surface area contributed by atoms with Crippen molar-refractivity contribution in [1.29, 1.82) is 0 Å². The van der Waals surface area contributed by atoms with Crippen LogP contribution in [-0.4, -0.2) is 0 Å². The average Bonchev–Trinajstić information content (AvgIpc) is 2.88. The van der Waals surface area contributed by atoms with E-state index in [1.54, 1.807) is 11.1 Å². The molecule has 0 bridgehead atoms. The Morgan fingerprint density at radius 1 is 0.962 bits per heavy atom. The molecule has 1 atom stereocenters. The third-order valence-electron chi connectivity index (χ3n) is 5.91. The predicted octanol–water partition coefficient (Wildman–Crippen LogP) is 5.84. The normalized spacial score (nSPS) is 17.5. The predicted molar refractivity (Wildman–Crippen MR) is 111 cm³/mol.